The van der Waals surface area contributed by atoms with E-state index >= 15 is 0 Å². The molecule has 6 aromatic carbocycles. The number of para-hydroxylation sites is 4. The number of fused-ring (bicyclic) bond motifs is 4. The average Bonchev–Trinajstić information content (AvgIpc) is 3.10. The van der Waals surface area contributed by atoms with Gasteiger partial charge in [-0.15, -0.1) is 0 Å². The minimum Gasteiger partial charge on any atom is -0.457 e. The second-order valence-electron chi connectivity index (χ2n) is 13.2. The van der Waals surface area contributed by atoms with Crippen LogP contribution in [0.4, 0.5) is 0 Å². The molecule has 2 aliphatic heterocycles. The van der Waals surface area contributed by atoms with Crippen molar-refractivity contribution < 1.29 is 19.5 Å². The second-order valence-corrected chi connectivity index (χ2v) is 16.2. The molecule has 8 rings (SSSR count). The van der Waals surface area contributed by atoms with Gasteiger partial charge in [-0.3, -0.25) is 0 Å². The van der Waals surface area contributed by atoms with Crippen molar-refractivity contribution in [2.75, 3.05) is 0 Å². The molecule has 0 aromatic heterocycles. The van der Waals surface area contributed by atoms with E-state index in [0.717, 1.165) is 42.9 Å². The molecule has 0 amide bonds. The van der Waals surface area contributed by atoms with Gasteiger partial charge in [0, 0.05) is 56.6 Å². The van der Waals surface area contributed by atoms with Gasteiger partial charge < -0.3 is 19.5 Å². The molecule has 4 nitrogen and oxygen atoms in total. The topological polar surface area (TPSA) is 58.9 Å². The Morgan fingerprint density at radius 1 is 0.520 bits per heavy atom. The summed E-state index contributed by atoms with van der Waals surface area (Å²) in [5.41, 5.74) is 6.95. The van der Waals surface area contributed by atoms with Crippen LogP contribution in [0.1, 0.15) is 49.9 Å². The van der Waals surface area contributed by atoms with Crippen molar-refractivity contribution in [3.05, 3.63) is 168 Å². The highest BCUT2D eigenvalue weighted by Crippen LogP contribution is 2.51. The maximum Gasteiger partial charge on any atom is 0.492 e. The van der Waals surface area contributed by atoms with Crippen molar-refractivity contribution >= 4 is 67.0 Å². The molecule has 0 bridgehead atoms. The Morgan fingerprint density at radius 2 is 0.960 bits per heavy atom. The third kappa shape index (κ3) is 7.46. The predicted octanol–water partition coefficient (Wildman–Crippen LogP) is 11.4. The summed E-state index contributed by atoms with van der Waals surface area (Å²) < 4.78 is 15.7. The highest BCUT2D eigenvalue weighted by molar-refractivity contribution is 14.1. The van der Waals surface area contributed by atoms with Crippen LogP contribution in [-0.2, 0) is 10.8 Å². The van der Waals surface area contributed by atoms with Gasteiger partial charge in [-0.2, -0.15) is 0 Å². The summed E-state index contributed by atoms with van der Waals surface area (Å²) in [6.45, 7) is 8.75. The molecular weight excluding hydrogens is 866 g/mol. The van der Waals surface area contributed by atoms with Gasteiger partial charge in [0.2, 0.25) is 0 Å². The first kappa shape index (κ1) is 36.4. The van der Waals surface area contributed by atoms with Crippen LogP contribution < -0.4 is 14.9 Å². The van der Waals surface area contributed by atoms with Crippen molar-refractivity contribution in [1.29, 1.82) is 0 Å². The molecule has 0 radical (unpaired) electrons. The van der Waals surface area contributed by atoms with Crippen LogP contribution in [0.2, 0.25) is 0 Å². The van der Waals surface area contributed by atoms with Crippen LogP contribution in [0.25, 0.3) is 11.1 Å². The van der Waals surface area contributed by atoms with E-state index in [0.29, 0.717) is 11.2 Å². The number of ether oxygens (including phenoxy) is 2. The van der Waals surface area contributed by atoms with E-state index in [2.05, 4.69) is 155 Å². The van der Waals surface area contributed by atoms with Crippen molar-refractivity contribution in [3.8, 4) is 34.1 Å². The van der Waals surface area contributed by atoms with Crippen molar-refractivity contribution in [1.82, 2.24) is 0 Å². The quantitative estimate of drug-likeness (QED) is 0.134. The van der Waals surface area contributed by atoms with E-state index in [-0.39, 0.29) is 10.8 Å². The molecule has 0 atom stereocenters. The SMILES string of the molecule is Brc1ccc(I)cc1.CC1(C)c2ccccc2Oc2c(-c3ccc(Br)cc3)cccc21.CC1(C)c2ccccc2Oc2c(B(O)O)cccc21. The molecule has 2 aliphatic rings. The first-order valence-electron chi connectivity index (χ1n) is 16.2. The predicted molar refractivity (Wildman–Crippen MR) is 220 cm³/mol. The van der Waals surface area contributed by atoms with Gasteiger partial charge in [-0.25, -0.2) is 0 Å². The zero-order chi connectivity index (χ0) is 35.6. The number of benzene rings is 6. The highest BCUT2D eigenvalue weighted by atomic mass is 127. The van der Waals surface area contributed by atoms with E-state index in [9.17, 15) is 10.0 Å². The maximum absolute atomic E-state index is 9.47. The summed E-state index contributed by atoms with van der Waals surface area (Å²) >= 11 is 9.12. The lowest BCUT2D eigenvalue weighted by molar-refractivity contribution is 0.405. The molecule has 252 valence electrons. The van der Waals surface area contributed by atoms with E-state index in [1.54, 1.807) is 6.07 Å². The molecule has 0 aliphatic carbocycles. The Labute approximate surface area is 325 Å². The summed E-state index contributed by atoms with van der Waals surface area (Å²) in [4.78, 5) is 0. The summed E-state index contributed by atoms with van der Waals surface area (Å²) in [7, 11) is -1.53. The fourth-order valence-electron chi connectivity index (χ4n) is 6.44. The van der Waals surface area contributed by atoms with Gasteiger partial charge >= 0.3 is 7.12 Å². The lowest BCUT2D eigenvalue weighted by Crippen LogP contribution is -2.35. The fourth-order valence-corrected chi connectivity index (χ4v) is 7.33. The van der Waals surface area contributed by atoms with Gasteiger partial charge in [-0.1, -0.05) is 144 Å². The minimum absolute atomic E-state index is 0.0739. The fraction of sp³-hybridized carbons (Fsp3) is 0.143. The minimum atomic E-state index is -1.53. The van der Waals surface area contributed by atoms with Crippen LogP contribution in [0.3, 0.4) is 0 Å². The number of rotatable bonds is 2. The van der Waals surface area contributed by atoms with Crippen LogP contribution in [0, 0.1) is 3.57 Å². The van der Waals surface area contributed by atoms with Crippen molar-refractivity contribution in [3.63, 3.8) is 0 Å². The molecule has 0 saturated heterocycles. The smallest absolute Gasteiger partial charge is 0.457 e. The summed E-state index contributed by atoms with van der Waals surface area (Å²) in [6.07, 6.45) is 0. The van der Waals surface area contributed by atoms with E-state index in [4.69, 9.17) is 9.47 Å². The molecule has 2 heterocycles. The van der Waals surface area contributed by atoms with E-state index < -0.39 is 7.12 Å². The lowest BCUT2D eigenvalue weighted by atomic mass is 9.70. The monoisotopic (exact) mass is 900 g/mol. The van der Waals surface area contributed by atoms with Crippen LogP contribution in [0.15, 0.2) is 142 Å². The Bertz CT molecular complexity index is 2110. The Kier molecular flexibility index (Phi) is 11.0. The highest BCUT2D eigenvalue weighted by Gasteiger charge is 2.37. The normalized spacial score (nSPS) is 13.9. The molecule has 50 heavy (non-hydrogen) atoms. The first-order chi connectivity index (χ1) is 23.9. The number of hydrogen-bond donors (Lipinski definition) is 2. The van der Waals surface area contributed by atoms with Gasteiger partial charge in [-0.05, 0) is 76.7 Å². The van der Waals surface area contributed by atoms with E-state index in [1.165, 1.54) is 20.3 Å². The molecule has 0 spiro atoms. The molecule has 0 unspecified atom stereocenters. The molecule has 2 N–H and O–H groups in total. The van der Waals surface area contributed by atoms with Gasteiger partial charge in [0.1, 0.15) is 23.0 Å². The van der Waals surface area contributed by atoms with Gasteiger partial charge in [0.15, 0.2) is 0 Å². The van der Waals surface area contributed by atoms with Gasteiger partial charge in [0.05, 0.1) is 0 Å². The number of halogens is 3. The zero-order valence-corrected chi connectivity index (χ0v) is 33.5. The van der Waals surface area contributed by atoms with Crippen molar-refractivity contribution in [2.45, 2.75) is 38.5 Å². The maximum atomic E-state index is 9.47. The number of hydrogen-bond acceptors (Lipinski definition) is 4. The molecule has 6 aromatic rings. The van der Waals surface area contributed by atoms with E-state index in [1.807, 2.05) is 54.6 Å². The molecule has 0 saturated carbocycles. The van der Waals surface area contributed by atoms with Gasteiger partial charge in [0.25, 0.3) is 0 Å². The first-order valence-corrected chi connectivity index (χ1v) is 18.9. The Morgan fingerprint density at radius 3 is 1.48 bits per heavy atom. The molecule has 0 fully saturated rings. The summed E-state index contributed by atoms with van der Waals surface area (Å²) in [5, 5.41) is 18.9. The standard InChI is InChI=1S/C21H17BrO.C15H15BO3.C6H4BrI/c1-21(2)17-7-3-4-9-19(17)23-20-16(6-5-8-18(20)21)14-10-12-15(22)13-11-14;1-15(2)10-6-3-4-9-13(10)19-14-11(15)7-5-8-12(14)16(17)18;7-5-1-3-6(8)4-2-5/h3-13H,1-2H3;3-9,17-18H,1-2H3;1-4H. The second kappa shape index (κ2) is 15.1. The van der Waals surface area contributed by atoms with Crippen LogP contribution >= 0.6 is 54.5 Å². The average molecular weight is 902 g/mol. The van der Waals surface area contributed by atoms with Crippen LogP contribution in [-0.4, -0.2) is 17.2 Å². The largest absolute Gasteiger partial charge is 0.492 e. The van der Waals surface area contributed by atoms with Crippen molar-refractivity contribution in [2.24, 2.45) is 0 Å². The molecule has 8 heteroatoms. The Balaban J connectivity index is 0.000000144. The summed E-state index contributed by atoms with van der Waals surface area (Å²) in [5.74, 6) is 3.25. The third-order valence-electron chi connectivity index (χ3n) is 9.19. The molecular formula is C42H36BBr2IO4. The third-order valence-corrected chi connectivity index (χ3v) is 11.0. The summed E-state index contributed by atoms with van der Waals surface area (Å²) in [6, 6.07) is 44.6. The lowest BCUT2D eigenvalue weighted by Gasteiger charge is -2.35. The zero-order valence-electron chi connectivity index (χ0n) is 28.1. The van der Waals surface area contributed by atoms with Crippen LogP contribution in [0.5, 0.6) is 23.0 Å². The Hall–Kier alpha value is -3.41.